The van der Waals surface area contributed by atoms with E-state index in [1.54, 1.807) is 0 Å². The van der Waals surface area contributed by atoms with E-state index in [0.29, 0.717) is 5.92 Å². The fourth-order valence-electron chi connectivity index (χ4n) is 1.76. The van der Waals surface area contributed by atoms with E-state index in [4.69, 9.17) is 0 Å². The van der Waals surface area contributed by atoms with Crippen LogP contribution >= 0.6 is 0 Å². The van der Waals surface area contributed by atoms with E-state index in [1.165, 1.54) is 21.9 Å². The minimum absolute atomic E-state index is 0.530. The summed E-state index contributed by atoms with van der Waals surface area (Å²) in [5, 5.41) is 10.3. The van der Waals surface area contributed by atoms with Gasteiger partial charge in [0.1, 0.15) is 0 Å². The Balaban J connectivity index is 2.82. The van der Waals surface area contributed by atoms with Crippen molar-refractivity contribution in [3.63, 3.8) is 0 Å². The molecule has 0 fully saturated rings. The van der Waals surface area contributed by atoms with E-state index >= 15 is 0 Å². The van der Waals surface area contributed by atoms with Crippen LogP contribution in [0.3, 0.4) is 0 Å². The minimum atomic E-state index is 0.530. The molecule has 0 spiro atoms. The maximum Gasteiger partial charge on any atom is 0.0577 e. The highest BCUT2D eigenvalue weighted by Crippen LogP contribution is 2.26. The topological polar surface area (TPSA) is 25.8 Å². The van der Waals surface area contributed by atoms with E-state index in [0.717, 1.165) is 0 Å². The third-order valence-corrected chi connectivity index (χ3v) is 2.60. The summed E-state index contributed by atoms with van der Waals surface area (Å²) >= 11 is 0. The van der Waals surface area contributed by atoms with Crippen molar-refractivity contribution >= 4 is 10.8 Å². The van der Waals surface area contributed by atoms with E-state index in [-0.39, 0.29) is 0 Å². The number of aryl methyl sites for hydroxylation is 1. The van der Waals surface area contributed by atoms with Gasteiger partial charge < -0.3 is 0 Å². The van der Waals surface area contributed by atoms with Crippen molar-refractivity contribution in [1.29, 1.82) is 0 Å². The molecule has 0 aliphatic rings. The van der Waals surface area contributed by atoms with Crippen LogP contribution in [0.25, 0.3) is 10.8 Å². The van der Waals surface area contributed by atoms with Gasteiger partial charge in [-0.1, -0.05) is 26.0 Å². The highest BCUT2D eigenvalue weighted by Gasteiger charge is 2.06. The molecule has 0 radical (unpaired) electrons. The first-order valence-electron chi connectivity index (χ1n) is 4.90. The molecular weight excluding hydrogens is 172 g/mol. The number of fused-ring (bicyclic) bond motifs is 1. The highest BCUT2D eigenvalue weighted by molar-refractivity contribution is 5.87. The average Bonchev–Trinajstić information content (AvgIpc) is 2.18. The lowest BCUT2D eigenvalue weighted by Gasteiger charge is -2.10. The van der Waals surface area contributed by atoms with Crippen molar-refractivity contribution in [2.45, 2.75) is 26.7 Å². The molecule has 1 aromatic heterocycles. The molecule has 0 saturated carbocycles. The summed E-state index contributed by atoms with van der Waals surface area (Å²) in [6, 6.07) is 4.34. The van der Waals surface area contributed by atoms with Gasteiger partial charge in [0.2, 0.25) is 0 Å². The predicted molar refractivity (Wildman–Crippen MR) is 58.4 cm³/mol. The smallest absolute Gasteiger partial charge is 0.0577 e. The van der Waals surface area contributed by atoms with Crippen molar-refractivity contribution < 1.29 is 0 Å². The van der Waals surface area contributed by atoms with Crippen LogP contribution in [0, 0.1) is 6.92 Å². The molecule has 1 heterocycles. The monoisotopic (exact) mass is 186 g/mol. The predicted octanol–water partition coefficient (Wildman–Crippen LogP) is 3.06. The summed E-state index contributed by atoms with van der Waals surface area (Å²) in [4.78, 5) is 0. The second-order valence-electron chi connectivity index (χ2n) is 3.94. The Morgan fingerprint density at radius 3 is 2.29 bits per heavy atom. The van der Waals surface area contributed by atoms with Crippen molar-refractivity contribution in [1.82, 2.24) is 10.2 Å². The van der Waals surface area contributed by atoms with Crippen LogP contribution in [0.15, 0.2) is 24.5 Å². The Morgan fingerprint density at radius 2 is 1.64 bits per heavy atom. The largest absolute Gasteiger partial charge is 0.158 e. The van der Waals surface area contributed by atoms with E-state index < -0.39 is 0 Å². The van der Waals surface area contributed by atoms with Gasteiger partial charge >= 0.3 is 0 Å². The van der Waals surface area contributed by atoms with Gasteiger partial charge in [-0.15, -0.1) is 0 Å². The highest BCUT2D eigenvalue weighted by atomic mass is 15.1. The maximum atomic E-state index is 3.95. The first kappa shape index (κ1) is 9.13. The lowest BCUT2D eigenvalue weighted by atomic mass is 9.96. The van der Waals surface area contributed by atoms with Gasteiger partial charge in [0, 0.05) is 10.8 Å². The molecule has 0 N–H and O–H groups in total. The van der Waals surface area contributed by atoms with Crippen LogP contribution in [-0.2, 0) is 0 Å². The van der Waals surface area contributed by atoms with Gasteiger partial charge in [0.05, 0.1) is 12.4 Å². The normalized spacial score (nSPS) is 11.1. The fourth-order valence-corrected chi connectivity index (χ4v) is 1.76. The Bertz CT molecular complexity index is 461. The minimum Gasteiger partial charge on any atom is -0.158 e. The Morgan fingerprint density at radius 1 is 1.00 bits per heavy atom. The molecule has 2 rings (SSSR count). The van der Waals surface area contributed by atoms with Gasteiger partial charge in [0.25, 0.3) is 0 Å². The number of hydrogen-bond acceptors (Lipinski definition) is 2. The molecule has 0 aliphatic heterocycles. The number of benzene rings is 1. The molecular formula is C12H14N2. The number of nitrogens with zero attached hydrogens (tertiary/aromatic N) is 2. The maximum absolute atomic E-state index is 3.95. The summed E-state index contributed by atoms with van der Waals surface area (Å²) in [6.45, 7) is 6.50. The molecule has 0 unspecified atom stereocenters. The number of rotatable bonds is 1. The zero-order chi connectivity index (χ0) is 10.1. The lowest BCUT2D eigenvalue weighted by molar-refractivity contribution is 0.873. The Kier molecular flexibility index (Phi) is 2.20. The standard InChI is InChI=1S/C12H14N2/c1-8(2)10-5-4-9(3)11-6-13-14-7-12(10)11/h4-8H,1-3H3. The molecule has 0 saturated heterocycles. The molecule has 14 heavy (non-hydrogen) atoms. The fraction of sp³-hybridized carbons (Fsp3) is 0.333. The summed E-state index contributed by atoms with van der Waals surface area (Å²) < 4.78 is 0. The molecule has 2 aromatic rings. The van der Waals surface area contributed by atoms with Gasteiger partial charge in [0.15, 0.2) is 0 Å². The molecule has 2 nitrogen and oxygen atoms in total. The molecule has 2 heteroatoms. The summed E-state index contributed by atoms with van der Waals surface area (Å²) in [5.74, 6) is 0.530. The van der Waals surface area contributed by atoms with Crippen molar-refractivity contribution in [2.24, 2.45) is 0 Å². The van der Waals surface area contributed by atoms with E-state index in [1.807, 2.05) is 12.4 Å². The Hall–Kier alpha value is -1.44. The quantitative estimate of drug-likeness (QED) is 0.684. The third-order valence-electron chi connectivity index (χ3n) is 2.60. The van der Waals surface area contributed by atoms with Crippen LogP contribution in [0.1, 0.15) is 30.9 Å². The van der Waals surface area contributed by atoms with Crippen LogP contribution in [0.2, 0.25) is 0 Å². The van der Waals surface area contributed by atoms with Crippen LogP contribution in [-0.4, -0.2) is 10.2 Å². The van der Waals surface area contributed by atoms with Gasteiger partial charge in [-0.2, -0.15) is 10.2 Å². The number of hydrogen-bond donors (Lipinski definition) is 0. The second kappa shape index (κ2) is 3.37. The lowest BCUT2D eigenvalue weighted by Crippen LogP contribution is -1.92. The molecule has 0 aliphatic carbocycles. The molecule has 0 atom stereocenters. The van der Waals surface area contributed by atoms with Crippen LogP contribution < -0.4 is 0 Å². The summed E-state index contributed by atoms with van der Waals surface area (Å²) in [7, 11) is 0. The van der Waals surface area contributed by atoms with Gasteiger partial charge in [-0.25, -0.2) is 0 Å². The average molecular weight is 186 g/mol. The van der Waals surface area contributed by atoms with Crippen LogP contribution in [0.5, 0.6) is 0 Å². The summed E-state index contributed by atoms with van der Waals surface area (Å²) in [5.41, 5.74) is 2.61. The van der Waals surface area contributed by atoms with Crippen LogP contribution in [0.4, 0.5) is 0 Å². The van der Waals surface area contributed by atoms with Gasteiger partial charge in [-0.05, 0) is 24.0 Å². The SMILES string of the molecule is Cc1ccc(C(C)C)c2cnncc12. The first-order valence-corrected chi connectivity index (χ1v) is 4.90. The zero-order valence-electron chi connectivity index (χ0n) is 8.78. The second-order valence-corrected chi connectivity index (χ2v) is 3.94. The molecule has 0 amide bonds. The molecule has 72 valence electrons. The summed E-state index contributed by atoms with van der Waals surface area (Å²) in [6.07, 6.45) is 3.70. The third kappa shape index (κ3) is 1.37. The first-order chi connectivity index (χ1) is 6.70. The van der Waals surface area contributed by atoms with Crippen molar-refractivity contribution in [3.8, 4) is 0 Å². The number of aromatic nitrogens is 2. The zero-order valence-corrected chi connectivity index (χ0v) is 8.78. The van der Waals surface area contributed by atoms with Crippen molar-refractivity contribution in [3.05, 3.63) is 35.7 Å². The van der Waals surface area contributed by atoms with E-state index in [2.05, 4.69) is 43.1 Å². The molecule has 1 aromatic carbocycles. The molecule has 0 bridgehead atoms. The Labute approximate surface area is 84.0 Å². The van der Waals surface area contributed by atoms with Crippen molar-refractivity contribution in [2.75, 3.05) is 0 Å². The van der Waals surface area contributed by atoms with E-state index in [9.17, 15) is 0 Å². The van der Waals surface area contributed by atoms with Gasteiger partial charge in [-0.3, -0.25) is 0 Å².